The van der Waals surface area contributed by atoms with E-state index in [1.807, 2.05) is 48.5 Å². The van der Waals surface area contributed by atoms with Crippen molar-refractivity contribution in [1.82, 2.24) is 4.57 Å². The number of rotatable bonds is 1. The number of aromatic nitrogens is 1. The Balaban J connectivity index is 1.73. The van der Waals surface area contributed by atoms with Crippen molar-refractivity contribution in [3.8, 4) is 5.69 Å². The summed E-state index contributed by atoms with van der Waals surface area (Å²) < 4.78 is 9.06. The number of hydrogen-bond acceptors (Lipinski definition) is 2. The van der Waals surface area contributed by atoms with Gasteiger partial charge in [0.1, 0.15) is 11.2 Å². The molecule has 4 heteroatoms. The standard InChI is InChI=1S/C25H14BrNO2/c26-15-9-11-23-19(13-15)25(28)20-14-16(10-12-24(20)29-23)27-21-7-3-1-5-17(21)18-6-2-4-8-22(18)27/h1-14H. The maximum atomic E-state index is 13.2. The van der Waals surface area contributed by atoms with E-state index in [2.05, 4.69) is 56.9 Å². The summed E-state index contributed by atoms with van der Waals surface area (Å²) >= 11 is 3.45. The molecule has 0 aliphatic rings. The third-order valence-electron chi connectivity index (χ3n) is 5.45. The van der Waals surface area contributed by atoms with Crippen LogP contribution in [-0.4, -0.2) is 4.57 Å². The molecule has 3 nitrogen and oxygen atoms in total. The zero-order valence-corrected chi connectivity index (χ0v) is 16.8. The molecule has 4 aromatic carbocycles. The maximum Gasteiger partial charge on any atom is 0.200 e. The first-order valence-corrected chi connectivity index (χ1v) is 10.1. The van der Waals surface area contributed by atoms with E-state index in [-0.39, 0.29) is 5.43 Å². The lowest BCUT2D eigenvalue weighted by Gasteiger charge is -2.09. The first-order chi connectivity index (χ1) is 14.2. The largest absolute Gasteiger partial charge is 0.456 e. The Hall–Kier alpha value is -3.37. The molecule has 0 N–H and O–H groups in total. The molecule has 0 saturated carbocycles. The van der Waals surface area contributed by atoms with Crippen LogP contribution in [0.1, 0.15) is 0 Å². The molecular formula is C25H14BrNO2. The molecule has 0 bridgehead atoms. The average Bonchev–Trinajstić information content (AvgIpc) is 3.09. The minimum atomic E-state index is -0.0230. The molecule has 6 aromatic rings. The molecule has 0 atom stereocenters. The number of hydrogen-bond donors (Lipinski definition) is 0. The maximum absolute atomic E-state index is 13.2. The van der Waals surface area contributed by atoms with Gasteiger partial charge in [-0.3, -0.25) is 4.79 Å². The van der Waals surface area contributed by atoms with Crippen LogP contribution >= 0.6 is 15.9 Å². The summed E-state index contributed by atoms with van der Waals surface area (Å²) in [6.07, 6.45) is 0. The van der Waals surface area contributed by atoms with E-state index in [4.69, 9.17) is 4.42 Å². The Morgan fingerprint density at radius 2 is 1.24 bits per heavy atom. The van der Waals surface area contributed by atoms with Crippen molar-refractivity contribution in [2.24, 2.45) is 0 Å². The van der Waals surface area contributed by atoms with Crippen LogP contribution in [-0.2, 0) is 0 Å². The van der Waals surface area contributed by atoms with Crippen molar-refractivity contribution >= 4 is 59.7 Å². The van der Waals surface area contributed by atoms with Crippen molar-refractivity contribution in [1.29, 1.82) is 0 Å². The second kappa shape index (κ2) is 6.06. The topological polar surface area (TPSA) is 35.1 Å². The molecular weight excluding hydrogens is 426 g/mol. The van der Waals surface area contributed by atoms with Crippen molar-refractivity contribution in [3.63, 3.8) is 0 Å². The molecule has 0 spiro atoms. The summed E-state index contributed by atoms with van der Waals surface area (Å²) in [6.45, 7) is 0. The zero-order valence-electron chi connectivity index (χ0n) is 15.2. The van der Waals surface area contributed by atoms with Gasteiger partial charge in [0, 0.05) is 20.9 Å². The first-order valence-electron chi connectivity index (χ1n) is 9.35. The van der Waals surface area contributed by atoms with E-state index in [0.29, 0.717) is 21.9 Å². The summed E-state index contributed by atoms with van der Waals surface area (Å²) in [5.41, 5.74) is 4.33. The van der Waals surface area contributed by atoms with Gasteiger partial charge in [-0.2, -0.15) is 0 Å². The number of para-hydroxylation sites is 2. The molecule has 138 valence electrons. The molecule has 0 saturated heterocycles. The molecule has 29 heavy (non-hydrogen) atoms. The lowest BCUT2D eigenvalue weighted by molar-refractivity contribution is 0.660. The molecule has 2 aromatic heterocycles. The van der Waals surface area contributed by atoms with Gasteiger partial charge in [0.05, 0.1) is 21.8 Å². The van der Waals surface area contributed by atoms with Gasteiger partial charge in [-0.15, -0.1) is 0 Å². The fourth-order valence-corrected chi connectivity index (χ4v) is 4.52. The number of halogens is 1. The summed E-state index contributed by atoms with van der Waals surface area (Å²) in [5.74, 6) is 0. The minimum Gasteiger partial charge on any atom is -0.456 e. The lowest BCUT2D eigenvalue weighted by atomic mass is 10.1. The molecule has 0 aliphatic carbocycles. The summed E-state index contributed by atoms with van der Waals surface area (Å²) in [4.78, 5) is 13.2. The van der Waals surface area contributed by atoms with Crippen molar-refractivity contribution in [3.05, 3.63) is 99.6 Å². The summed E-state index contributed by atoms with van der Waals surface area (Å²) in [7, 11) is 0. The monoisotopic (exact) mass is 439 g/mol. The highest BCUT2D eigenvalue weighted by Crippen LogP contribution is 2.32. The number of nitrogens with zero attached hydrogens (tertiary/aromatic N) is 1. The Morgan fingerprint density at radius 3 is 1.93 bits per heavy atom. The Kier molecular flexibility index (Phi) is 3.46. The summed E-state index contributed by atoms with van der Waals surface area (Å²) in [5, 5.41) is 3.54. The van der Waals surface area contributed by atoms with Crippen LogP contribution in [0.5, 0.6) is 0 Å². The van der Waals surface area contributed by atoms with E-state index < -0.39 is 0 Å². The number of benzene rings is 4. The van der Waals surface area contributed by atoms with Crippen molar-refractivity contribution < 1.29 is 4.42 Å². The third kappa shape index (κ3) is 2.39. The predicted molar refractivity (Wildman–Crippen MR) is 122 cm³/mol. The van der Waals surface area contributed by atoms with E-state index in [9.17, 15) is 4.79 Å². The van der Waals surface area contributed by atoms with Gasteiger partial charge in [-0.05, 0) is 48.5 Å². The lowest BCUT2D eigenvalue weighted by Crippen LogP contribution is -2.03. The Bertz CT molecular complexity index is 1590. The van der Waals surface area contributed by atoms with Crippen LogP contribution in [0, 0.1) is 0 Å². The Morgan fingerprint density at radius 1 is 0.655 bits per heavy atom. The van der Waals surface area contributed by atoms with Gasteiger partial charge in [0.2, 0.25) is 5.43 Å². The number of fused-ring (bicyclic) bond motifs is 5. The molecule has 0 amide bonds. The predicted octanol–water partition coefficient (Wildman–Crippen LogP) is 6.81. The van der Waals surface area contributed by atoms with Crippen LogP contribution < -0.4 is 5.43 Å². The van der Waals surface area contributed by atoms with Crippen LogP contribution in [0.3, 0.4) is 0 Å². The highest BCUT2D eigenvalue weighted by atomic mass is 79.9. The van der Waals surface area contributed by atoms with Gasteiger partial charge in [-0.25, -0.2) is 0 Å². The van der Waals surface area contributed by atoms with Crippen LogP contribution in [0.2, 0.25) is 0 Å². The molecule has 0 fully saturated rings. The first kappa shape index (κ1) is 16.6. The fourth-order valence-electron chi connectivity index (χ4n) is 4.16. The molecule has 0 radical (unpaired) electrons. The molecule has 6 rings (SSSR count). The van der Waals surface area contributed by atoms with Gasteiger partial charge >= 0.3 is 0 Å². The normalized spacial score (nSPS) is 11.8. The highest BCUT2D eigenvalue weighted by molar-refractivity contribution is 9.10. The molecule has 0 unspecified atom stereocenters. The van der Waals surface area contributed by atoms with Gasteiger partial charge in [0.15, 0.2) is 0 Å². The minimum absolute atomic E-state index is 0.0230. The van der Waals surface area contributed by atoms with Crippen LogP contribution in [0.15, 0.2) is 98.6 Å². The van der Waals surface area contributed by atoms with Crippen molar-refractivity contribution in [2.75, 3.05) is 0 Å². The quantitative estimate of drug-likeness (QED) is 0.264. The zero-order chi connectivity index (χ0) is 19.5. The van der Waals surface area contributed by atoms with Gasteiger partial charge in [0.25, 0.3) is 0 Å². The SMILES string of the molecule is O=c1c2cc(Br)ccc2oc2ccc(-n3c4ccccc4c4ccccc43)cc12. The van der Waals surface area contributed by atoms with Crippen LogP contribution in [0.4, 0.5) is 0 Å². The molecule has 0 aliphatic heterocycles. The van der Waals surface area contributed by atoms with E-state index in [1.54, 1.807) is 0 Å². The van der Waals surface area contributed by atoms with Crippen molar-refractivity contribution in [2.45, 2.75) is 0 Å². The summed E-state index contributed by atoms with van der Waals surface area (Å²) in [6, 6.07) is 28.0. The van der Waals surface area contributed by atoms with E-state index in [1.165, 1.54) is 10.8 Å². The average molecular weight is 440 g/mol. The smallest absolute Gasteiger partial charge is 0.200 e. The molecule has 2 heterocycles. The fraction of sp³-hybridized carbons (Fsp3) is 0. The van der Waals surface area contributed by atoms with E-state index >= 15 is 0 Å². The van der Waals surface area contributed by atoms with Gasteiger partial charge in [-0.1, -0.05) is 52.3 Å². The Labute approximate surface area is 173 Å². The van der Waals surface area contributed by atoms with E-state index in [0.717, 1.165) is 21.2 Å². The third-order valence-corrected chi connectivity index (χ3v) is 5.95. The second-order valence-electron chi connectivity index (χ2n) is 7.12. The highest BCUT2D eigenvalue weighted by Gasteiger charge is 2.14. The second-order valence-corrected chi connectivity index (χ2v) is 8.04. The van der Waals surface area contributed by atoms with Gasteiger partial charge < -0.3 is 8.98 Å². The van der Waals surface area contributed by atoms with Crippen LogP contribution in [0.25, 0.3) is 49.4 Å².